The maximum atomic E-state index is 14.3. The van der Waals surface area contributed by atoms with Gasteiger partial charge >= 0.3 is 0 Å². The van der Waals surface area contributed by atoms with Crippen molar-refractivity contribution in [1.82, 2.24) is 14.8 Å². The molecule has 2 aliphatic rings. The van der Waals surface area contributed by atoms with Gasteiger partial charge in [-0.05, 0) is 70.7 Å². The molecule has 208 valence electrons. The van der Waals surface area contributed by atoms with Crippen LogP contribution in [0.2, 0.25) is 0 Å². The molecule has 4 aromatic rings. The smallest absolute Gasteiger partial charge is 0.231 e. The molecule has 2 aromatic heterocycles. The minimum Gasteiger partial charge on any atom is -0.385 e. The molecule has 1 fully saturated rings. The molecule has 0 saturated heterocycles. The van der Waals surface area contributed by atoms with E-state index in [0.29, 0.717) is 25.7 Å². The molecule has 1 aliphatic carbocycles. The Morgan fingerprint density at radius 3 is 2.77 bits per heavy atom. The summed E-state index contributed by atoms with van der Waals surface area (Å²) >= 11 is 1.70. The molecule has 1 amide bonds. The zero-order valence-electron chi connectivity index (χ0n) is 23.1. The third-order valence-electron chi connectivity index (χ3n) is 8.10. The van der Waals surface area contributed by atoms with Crippen molar-refractivity contribution in [2.24, 2.45) is 11.7 Å². The second-order valence-corrected chi connectivity index (χ2v) is 11.9. The SMILES string of the molecule is COCCCn1cc(CN(C(=O)[C@H]2CNCC=C2c2cccc(-c3csc(CN)c3)c2)C2CC2)c2ccccc21. The summed E-state index contributed by atoms with van der Waals surface area (Å²) in [7, 11) is 1.75. The lowest BCUT2D eigenvalue weighted by Gasteiger charge is -2.31. The van der Waals surface area contributed by atoms with Gasteiger partial charge in [0.25, 0.3) is 0 Å². The Labute approximate surface area is 240 Å². The molecule has 6 nitrogen and oxygen atoms in total. The first kappa shape index (κ1) is 27.0. The molecule has 1 aliphatic heterocycles. The first-order valence-electron chi connectivity index (χ1n) is 14.3. The molecular formula is C33H38N4O2S. The van der Waals surface area contributed by atoms with Gasteiger partial charge in [0, 0.05) is 74.5 Å². The number of hydrogen-bond donors (Lipinski definition) is 2. The van der Waals surface area contributed by atoms with E-state index in [1.54, 1.807) is 18.4 Å². The summed E-state index contributed by atoms with van der Waals surface area (Å²) in [4.78, 5) is 17.7. The maximum absolute atomic E-state index is 14.3. The second kappa shape index (κ2) is 12.1. The van der Waals surface area contributed by atoms with Crippen LogP contribution in [0.3, 0.4) is 0 Å². The molecule has 3 heterocycles. The number of nitrogens with zero attached hydrogens (tertiary/aromatic N) is 2. The Morgan fingerprint density at radius 1 is 1.12 bits per heavy atom. The number of thiophene rings is 1. The van der Waals surface area contributed by atoms with E-state index in [-0.39, 0.29) is 11.8 Å². The average Bonchev–Trinajstić information content (AvgIpc) is 3.62. The van der Waals surface area contributed by atoms with Crippen LogP contribution in [0.25, 0.3) is 27.6 Å². The molecule has 0 bridgehead atoms. The lowest BCUT2D eigenvalue weighted by molar-refractivity contribution is -0.134. The molecule has 0 radical (unpaired) electrons. The van der Waals surface area contributed by atoms with E-state index in [0.717, 1.165) is 50.1 Å². The van der Waals surface area contributed by atoms with E-state index < -0.39 is 0 Å². The molecule has 7 heteroatoms. The highest BCUT2D eigenvalue weighted by Gasteiger charge is 2.38. The summed E-state index contributed by atoms with van der Waals surface area (Å²) in [5.41, 5.74) is 12.9. The highest BCUT2D eigenvalue weighted by atomic mass is 32.1. The molecule has 0 spiro atoms. The van der Waals surface area contributed by atoms with Gasteiger partial charge in [-0.15, -0.1) is 11.3 Å². The number of fused-ring (bicyclic) bond motifs is 1. The minimum absolute atomic E-state index is 0.207. The van der Waals surface area contributed by atoms with Gasteiger partial charge in [0.05, 0.1) is 5.92 Å². The molecule has 3 N–H and O–H groups in total. The highest BCUT2D eigenvalue weighted by Crippen LogP contribution is 2.36. The van der Waals surface area contributed by atoms with E-state index in [4.69, 9.17) is 10.5 Å². The number of nitrogens with two attached hydrogens (primary N) is 1. The molecule has 6 rings (SSSR count). The molecule has 40 heavy (non-hydrogen) atoms. The molecule has 0 unspecified atom stereocenters. The Kier molecular flexibility index (Phi) is 8.16. The van der Waals surface area contributed by atoms with Crippen molar-refractivity contribution < 1.29 is 9.53 Å². The Balaban J connectivity index is 1.27. The predicted octanol–water partition coefficient (Wildman–Crippen LogP) is 5.66. The maximum Gasteiger partial charge on any atom is 0.231 e. The minimum atomic E-state index is -0.207. The summed E-state index contributed by atoms with van der Waals surface area (Å²) in [6.45, 7) is 4.27. The quantitative estimate of drug-likeness (QED) is 0.235. The highest BCUT2D eigenvalue weighted by molar-refractivity contribution is 7.10. The van der Waals surface area contributed by atoms with Crippen LogP contribution in [0.4, 0.5) is 0 Å². The second-order valence-electron chi connectivity index (χ2n) is 10.9. The molecule has 1 atom stereocenters. The Morgan fingerprint density at radius 2 is 1.98 bits per heavy atom. The van der Waals surface area contributed by atoms with Gasteiger partial charge in [-0.1, -0.05) is 42.5 Å². The summed E-state index contributed by atoms with van der Waals surface area (Å²) in [6, 6.07) is 19.7. The van der Waals surface area contributed by atoms with Gasteiger partial charge in [0.15, 0.2) is 0 Å². The van der Waals surface area contributed by atoms with Crippen LogP contribution in [0.5, 0.6) is 0 Å². The van der Waals surface area contributed by atoms with Crippen molar-refractivity contribution in [1.29, 1.82) is 0 Å². The van der Waals surface area contributed by atoms with Crippen LogP contribution in [0.1, 0.15) is 35.3 Å². The van der Waals surface area contributed by atoms with Gasteiger partial charge in [0.2, 0.25) is 5.91 Å². The van der Waals surface area contributed by atoms with Crippen molar-refractivity contribution in [3.8, 4) is 11.1 Å². The van der Waals surface area contributed by atoms with Crippen molar-refractivity contribution >= 4 is 33.7 Å². The monoisotopic (exact) mass is 554 g/mol. The van der Waals surface area contributed by atoms with E-state index in [2.05, 4.69) is 87.0 Å². The van der Waals surface area contributed by atoms with Gasteiger partial charge < -0.3 is 25.3 Å². The number of aromatic nitrogens is 1. The number of amides is 1. The number of ether oxygens (including phenoxy) is 1. The Hall–Kier alpha value is -3.23. The van der Waals surface area contributed by atoms with Crippen LogP contribution < -0.4 is 11.1 Å². The number of hydrogen-bond acceptors (Lipinski definition) is 5. The van der Waals surface area contributed by atoms with Crippen LogP contribution in [0, 0.1) is 5.92 Å². The fraction of sp³-hybridized carbons (Fsp3) is 0.364. The van der Waals surface area contributed by atoms with Crippen molar-refractivity contribution in [3.63, 3.8) is 0 Å². The molecule has 2 aromatic carbocycles. The van der Waals surface area contributed by atoms with Crippen LogP contribution in [-0.2, 0) is 29.2 Å². The van der Waals surface area contributed by atoms with Gasteiger partial charge in [-0.25, -0.2) is 0 Å². The van der Waals surface area contributed by atoms with Crippen molar-refractivity contribution in [2.45, 2.75) is 44.9 Å². The fourth-order valence-corrected chi connectivity index (χ4v) is 6.66. The van der Waals surface area contributed by atoms with E-state index in [1.807, 2.05) is 0 Å². The molecule has 1 saturated carbocycles. The van der Waals surface area contributed by atoms with Gasteiger partial charge in [0.1, 0.15) is 0 Å². The third kappa shape index (κ3) is 5.65. The van der Waals surface area contributed by atoms with Gasteiger partial charge in [-0.2, -0.15) is 0 Å². The number of aryl methyl sites for hydroxylation is 1. The van der Waals surface area contributed by atoms with E-state index in [1.165, 1.54) is 32.5 Å². The number of carbonyl (C=O) groups excluding carboxylic acids is 1. The number of rotatable bonds is 11. The number of benzene rings is 2. The van der Waals surface area contributed by atoms with Crippen molar-refractivity contribution in [3.05, 3.63) is 88.3 Å². The van der Waals surface area contributed by atoms with E-state index in [9.17, 15) is 4.79 Å². The number of methoxy groups -OCH3 is 1. The topological polar surface area (TPSA) is 72.5 Å². The summed E-state index contributed by atoms with van der Waals surface area (Å²) < 4.78 is 7.61. The zero-order chi connectivity index (χ0) is 27.5. The molecular weight excluding hydrogens is 516 g/mol. The number of para-hydroxylation sites is 1. The van der Waals surface area contributed by atoms with Gasteiger partial charge in [-0.3, -0.25) is 4.79 Å². The largest absolute Gasteiger partial charge is 0.385 e. The third-order valence-corrected chi connectivity index (χ3v) is 9.06. The van der Waals surface area contributed by atoms with Crippen LogP contribution in [0.15, 0.2) is 72.3 Å². The average molecular weight is 555 g/mol. The predicted molar refractivity (Wildman–Crippen MR) is 164 cm³/mol. The first-order valence-corrected chi connectivity index (χ1v) is 15.2. The lowest BCUT2D eigenvalue weighted by Crippen LogP contribution is -2.43. The zero-order valence-corrected chi connectivity index (χ0v) is 24.0. The first-order chi connectivity index (χ1) is 19.7. The summed E-state index contributed by atoms with van der Waals surface area (Å²) in [5, 5.41) is 6.86. The van der Waals surface area contributed by atoms with Crippen LogP contribution in [-0.4, -0.2) is 48.2 Å². The summed E-state index contributed by atoms with van der Waals surface area (Å²) in [6.07, 6.45) is 7.57. The Bertz CT molecular complexity index is 1520. The number of carbonyl (C=O) groups is 1. The normalized spacial score (nSPS) is 17.2. The van der Waals surface area contributed by atoms with Crippen LogP contribution >= 0.6 is 11.3 Å². The van der Waals surface area contributed by atoms with E-state index >= 15 is 0 Å². The lowest BCUT2D eigenvalue weighted by atomic mass is 9.87. The number of nitrogens with one attached hydrogen (secondary N) is 1. The van der Waals surface area contributed by atoms with Crippen molar-refractivity contribution in [2.75, 3.05) is 26.8 Å². The fourth-order valence-electron chi connectivity index (χ4n) is 5.89. The standard InChI is InChI=1S/C33H38N4O2S/c1-39-15-5-14-36-20-26(30-8-2-3-9-32(30)36)21-37(27-10-11-27)33(38)31-19-35-13-12-29(31)24-7-4-6-23(16-24)25-17-28(18-34)40-22-25/h2-4,6-9,12,16-17,20,22,27,31,35H,5,10-11,13-15,18-19,21,34H2,1H3/t31-/m0/s1. The summed E-state index contributed by atoms with van der Waals surface area (Å²) in [5.74, 6) is 0.0187.